The molecule has 3 nitrogen and oxygen atoms in total. The monoisotopic (exact) mass is 224 g/mol. The summed E-state index contributed by atoms with van der Waals surface area (Å²) in [6, 6.07) is 5.64. The number of halogens is 1. The molecule has 0 fully saturated rings. The molecule has 1 aromatic heterocycles. The lowest BCUT2D eigenvalue weighted by atomic mass is 10.2. The fourth-order valence-electron chi connectivity index (χ4n) is 1.56. The molecule has 1 heterocycles. The van der Waals surface area contributed by atoms with Gasteiger partial charge in [-0.1, -0.05) is 18.5 Å². The van der Waals surface area contributed by atoms with Crippen LogP contribution in [0.5, 0.6) is 0 Å². The van der Waals surface area contributed by atoms with Crippen LogP contribution in [0, 0.1) is 0 Å². The second-order valence-electron chi connectivity index (χ2n) is 3.64. The largest absolute Gasteiger partial charge is 0.384 e. The van der Waals surface area contributed by atoms with Crippen LogP contribution >= 0.6 is 11.6 Å². The smallest absolute Gasteiger partial charge is 0.112 e. The summed E-state index contributed by atoms with van der Waals surface area (Å²) in [5.41, 5.74) is 1.91. The molecule has 2 rings (SSSR count). The number of ether oxygens (including phenoxy) is 1. The highest BCUT2D eigenvalue weighted by atomic mass is 35.5. The summed E-state index contributed by atoms with van der Waals surface area (Å²) in [5, 5.41) is 0.720. The van der Waals surface area contributed by atoms with Gasteiger partial charge in [-0.15, -0.1) is 0 Å². The highest BCUT2D eigenvalue weighted by Crippen LogP contribution is 2.20. The Kier molecular flexibility index (Phi) is 2.93. The van der Waals surface area contributed by atoms with Crippen LogP contribution in [0.25, 0.3) is 11.0 Å². The molecule has 0 saturated heterocycles. The molecule has 1 atom stereocenters. The van der Waals surface area contributed by atoms with Crippen molar-refractivity contribution in [3.8, 4) is 0 Å². The van der Waals surface area contributed by atoms with E-state index in [1.807, 2.05) is 18.2 Å². The maximum atomic E-state index is 5.90. The van der Waals surface area contributed by atoms with Crippen LogP contribution in [0.1, 0.15) is 18.7 Å². The topological polar surface area (TPSA) is 37.9 Å². The summed E-state index contributed by atoms with van der Waals surface area (Å²) in [6.07, 6.45) is 0. The number of fused-ring (bicyclic) bond motifs is 1. The van der Waals surface area contributed by atoms with Gasteiger partial charge in [-0.05, 0) is 18.2 Å². The summed E-state index contributed by atoms with van der Waals surface area (Å²) >= 11 is 5.90. The van der Waals surface area contributed by atoms with Gasteiger partial charge in [0, 0.05) is 18.1 Å². The summed E-state index contributed by atoms with van der Waals surface area (Å²) in [4.78, 5) is 7.72. The number of rotatable bonds is 3. The van der Waals surface area contributed by atoms with Gasteiger partial charge in [0.15, 0.2) is 0 Å². The van der Waals surface area contributed by atoms with Crippen molar-refractivity contribution in [2.45, 2.75) is 12.8 Å². The van der Waals surface area contributed by atoms with E-state index in [9.17, 15) is 0 Å². The SMILES string of the molecule is COC[C@H](C)c1nc2ccc(Cl)cc2[nH]1. The molecule has 0 bridgehead atoms. The first-order valence-electron chi connectivity index (χ1n) is 4.85. The normalized spacial score (nSPS) is 13.3. The second kappa shape index (κ2) is 4.21. The van der Waals surface area contributed by atoms with E-state index in [2.05, 4.69) is 16.9 Å². The van der Waals surface area contributed by atoms with E-state index >= 15 is 0 Å². The zero-order valence-electron chi connectivity index (χ0n) is 8.75. The average molecular weight is 225 g/mol. The highest BCUT2D eigenvalue weighted by molar-refractivity contribution is 6.31. The van der Waals surface area contributed by atoms with Crippen molar-refractivity contribution in [3.63, 3.8) is 0 Å². The van der Waals surface area contributed by atoms with Gasteiger partial charge < -0.3 is 9.72 Å². The van der Waals surface area contributed by atoms with Crippen molar-refractivity contribution >= 4 is 22.6 Å². The molecule has 15 heavy (non-hydrogen) atoms. The molecule has 0 aliphatic carbocycles. The molecule has 0 radical (unpaired) electrons. The van der Waals surface area contributed by atoms with Crippen molar-refractivity contribution in [1.82, 2.24) is 9.97 Å². The molecular weight excluding hydrogens is 212 g/mol. The average Bonchev–Trinajstić information content (AvgIpc) is 2.60. The van der Waals surface area contributed by atoms with Gasteiger partial charge in [0.1, 0.15) is 5.82 Å². The number of methoxy groups -OCH3 is 1. The van der Waals surface area contributed by atoms with Crippen LogP contribution in [0.3, 0.4) is 0 Å². The minimum absolute atomic E-state index is 0.265. The van der Waals surface area contributed by atoms with E-state index in [0.717, 1.165) is 21.9 Å². The number of nitrogens with one attached hydrogen (secondary N) is 1. The maximum Gasteiger partial charge on any atom is 0.112 e. The first kappa shape index (κ1) is 10.5. The van der Waals surface area contributed by atoms with Gasteiger partial charge in [0.05, 0.1) is 17.6 Å². The number of aromatic nitrogens is 2. The molecule has 1 aromatic carbocycles. The fraction of sp³-hybridized carbons (Fsp3) is 0.364. The van der Waals surface area contributed by atoms with Gasteiger partial charge in [0.25, 0.3) is 0 Å². The number of benzene rings is 1. The summed E-state index contributed by atoms with van der Waals surface area (Å²) in [7, 11) is 1.69. The first-order chi connectivity index (χ1) is 7.20. The van der Waals surface area contributed by atoms with Crippen molar-refractivity contribution in [2.24, 2.45) is 0 Å². The lowest BCUT2D eigenvalue weighted by Crippen LogP contribution is -2.03. The van der Waals surface area contributed by atoms with Crippen LogP contribution < -0.4 is 0 Å². The number of hydrogen-bond donors (Lipinski definition) is 1. The van der Waals surface area contributed by atoms with E-state index in [1.54, 1.807) is 7.11 Å². The van der Waals surface area contributed by atoms with Crippen LogP contribution in [-0.4, -0.2) is 23.7 Å². The third-order valence-electron chi connectivity index (χ3n) is 2.35. The van der Waals surface area contributed by atoms with Crippen molar-refractivity contribution in [3.05, 3.63) is 29.0 Å². The number of H-pyrrole nitrogens is 1. The van der Waals surface area contributed by atoms with E-state index in [-0.39, 0.29) is 5.92 Å². The standard InChI is InChI=1S/C11H13ClN2O/c1-7(6-15-2)11-13-9-4-3-8(12)5-10(9)14-11/h3-5,7H,6H2,1-2H3,(H,13,14)/t7-/m0/s1. The number of imidazole rings is 1. The Balaban J connectivity index is 2.38. The van der Waals surface area contributed by atoms with E-state index in [0.29, 0.717) is 6.61 Å². The summed E-state index contributed by atoms with van der Waals surface area (Å²) in [5.74, 6) is 1.20. The zero-order chi connectivity index (χ0) is 10.8. The van der Waals surface area contributed by atoms with E-state index < -0.39 is 0 Å². The third kappa shape index (κ3) is 2.13. The van der Waals surface area contributed by atoms with E-state index in [4.69, 9.17) is 16.3 Å². The van der Waals surface area contributed by atoms with Gasteiger partial charge >= 0.3 is 0 Å². The molecule has 0 aliphatic heterocycles. The molecule has 0 spiro atoms. The van der Waals surface area contributed by atoms with Crippen molar-refractivity contribution < 1.29 is 4.74 Å². The predicted octanol–water partition coefficient (Wildman–Crippen LogP) is 2.97. The molecule has 0 amide bonds. The fourth-order valence-corrected chi connectivity index (χ4v) is 1.74. The predicted molar refractivity (Wildman–Crippen MR) is 61.4 cm³/mol. The Morgan fingerprint density at radius 2 is 2.33 bits per heavy atom. The molecule has 4 heteroatoms. The molecule has 0 unspecified atom stereocenters. The van der Waals surface area contributed by atoms with Crippen LogP contribution in [0.15, 0.2) is 18.2 Å². The van der Waals surface area contributed by atoms with Gasteiger partial charge in [-0.2, -0.15) is 0 Å². The molecule has 0 aliphatic rings. The van der Waals surface area contributed by atoms with Crippen molar-refractivity contribution in [2.75, 3.05) is 13.7 Å². The lowest BCUT2D eigenvalue weighted by molar-refractivity contribution is 0.182. The number of aromatic amines is 1. The Morgan fingerprint density at radius 1 is 1.53 bits per heavy atom. The minimum atomic E-state index is 0.265. The molecule has 2 aromatic rings. The third-order valence-corrected chi connectivity index (χ3v) is 2.58. The number of hydrogen-bond acceptors (Lipinski definition) is 2. The highest BCUT2D eigenvalue weighted by Gasteiger charge is 2.10. The molecular formula is C11H13ClN2O. The quantitative estimate of drug-likeness (QED) is 0.871. The number of nitrogens with zero attached hydrogens (tertiary/aromatic N) is 1. The summed E-state index contributed by atoms with van der Waals surface area (Å²) in [6.45, 7) is 2.73. The minimum Gasteiger partial charge on any atom is -0.384 e. The molecule has 80 valence electrons. The maximum absolute atomic E-state index is 5.90. The van der Waals surface area contributed by atoms with Crippen molar-refractivity contribution in [1.29, 1.82) is 0 Å². The molecule has 1 N–H and O–H groups in total. The molecule has 0 saturated carbocycles. The van der Waals surface area contributed by atoms with Crippen LogP contribution in [0.2, 0.25) is 5.02 Å². The Hall–Kier alpha value is -1.06. The van der Waals surface area contributed by atoms with Crippen LogP contribution in [0.4, 0.5) is 0 Å². The lowest BCUT2D eigenvalue weighted by Gasteiger charge is -2.05. The summed E-state index contributed by atoms with van der Waals surface area (Å²) < 4.78 is 5.09. The Labute approximate surface area is 93.4 Å². The first-order valence-corrected chi connectivity index (χ1v) is 5.22. The van der Waals surface area contributed by atoms with Gasteiger partial charge in [-0.25, -0.2) is 4.98 Å². The van der Waals surface area contributed by atoms with Crippen LogP contribution in [-0.2, 0) is 4.74 Å². The van der Waals surface area contributed by atoms with Gasteiger partial charge in [0.2, 0.25) is 0 Å². The Morgan fingerprint density at radius 3 is 3.07 bits per heavy atom. The Bertz CT molecular complexity index is 467. The zero-order valence-corrected chi connectivity index (χ0v) is 9.51. The second-order valence-corrected chi connectivity index (χ2v) is 4.08. The van der Waals surface area contributed by atoms with Gasteiger partial charge in [-0.3, -0.25) is 0 Å². The van der Waals surface area contributed by atoms with E-state index in [1.165, 1.54) is 0 Å².